The van der Waals surface area contributed by atoms with Crippen LogP contribution in [0.4, 0.5) is 10.5 Å². The lowest BCUT2D eigenvalue weighted by Crippen LogP contribution is -2.61. The van der Waals surface area contributed by atoms with Crippen molar-refractivity contribution in [3.05, 3.63) is 24.3 Å². The van der Waals surface area contributed by atoms with Crippen molar-refractivity contribution >= 4 is 17.6 Å². The van der Waals surface area contributed by atoms with Crippen LogP contribution in [-0.4, -0.2) is 49.1 Å². The number of benzene rings is 1. The molecule has 3 amide bonds. The molecule has 1 aromatic rings. The predicted molar refractivity (Wildman–Crippen MR) is 106 cm³/mol. The van der Waals surface area contributed by atoms with Crippen molar-refractivity contribution in [3.63, 3.8) is 0 Å². The van der Waals surface area contributed by atoms with E-state index in [9.17, 15) is 9.59 Å². The third kappa shape index (κ3) is 3.03. The number of hydrogen-bond donors (Lipinski definition) is 1. The van der Waals surface area contributed by atoms with Gasteiger partial charge in [0.1, 0.15) is 12.3 Å². The van der Waals surface area contributed by atoms with Crippen LogP contribution in [0, 0.1) is 17.8 Å². The summed E-state index contributed by atoms with van der Waals surface area (Å²) in [5, 5.41) is 3.37. The second kappa shape index (κ2) is 6.68. The Bertz CT molecular complexity index is 758. The molecule has 1 N–H and O–H groups in total. The van der Waals surface area contributed by atoms with Gasteiger partial charge in [0.2, 0.25) is 5.91 Å². The molecule has 1 saturated heterocycles. The molecule has 0 spiro atoms. The highest BCUT2D eigenvalue weighted by atomic mass is 16.5. The number of nitrogens with zero attached hydrogens (tertiary/aromatic N) is 2. The van der Waals surface area contributed by atoms with Crippen LogP contribution < -0.4 is 15.0 Å². The largest absolute Gasteiger partial charge is 0.495 e. The van der Waals surface area contributed by atoms with E-state index in [1.807, 2.05) is 24.3 Å². The Morgan fingerprint density at radius 1 is 1.11 bits per heavy atom. The zero-order chi connectivity index (χ0) is 19.3. The van der Waals surface area contributed by atoms with Gasteiger partial charge >= 0.3 is 6.03 Å². The van der Waals surface area contributed by atoms with Gasteiger partial charge in [-0.15, -0.1) is 0 Å². The molecule has 0 aromatic heterocycles. The molecule has 0 atom stereocenters. The van der Waals surface area contributed by atoms with Crippen molar-refractivity contribution in [1.82, 2.24) is 10.2 Å². The molecule has 6 heteroatoms. The number of ether oxygens (including phenoxy) is 1. The molecule has 0 unspecified atom stereocenters. The highest BCUT2D eigenvalue weighted by Gasteiger charge is 2.51. The average molecular weight is 383 g/mol. The lowest BCUT2D eigenvalue weighted by molar-refractivity contribution is -0.127. The monoisotopic (exact) mass is 383 g/mol. The number of carbonyl (C=O) groups is 2. The fourth-order valence-electron chi connectivity index (χ4n) is 6.58. The fourth-order valence-corrected chi connectivity index (χ4v) is 6.58. The third-order valence-corrected chi connectivity index (χ3v) is 7.25. The summed E-state index contributed by atoms with van der Waals surface area (Å²) in [4.78, 5) is 29.1. The summed E-state index contributed by atoms with van der Waals surface area (Å²) in [6.07, 6.45) is 7.46. The number of rotatable bonds is 5. The van der Waals surface area contributed by atoms with Gasteiger partial charge in [-0.05, 0) is 68.4 Å². The van der Waals surface area contributed by atoms with Crippen molar-refractivity contribution in [2.24, 2.45) is 17.8 Å². The summed E-state index contributed by atoms with van der Waals surface area (Å²) in [7, 11) is 1.61. The molecule has 6 nitrogen and oxygen atoms in total. The molecule has 4 bridgehead atoms. The van der Waals surface area contributed by atoms with Crippen LogP contribution in [0.15, 0.2) is 24.3 Å². The molecular weight excluding hydrogens is 354 g/mol. The van der Waals surface area contributed by atoms with Gasteiger partial charge in [-0.2, -0.15) is 0 Å². The van der Waals surface area contributed by atoms with E-state index in [0.717, 1.165) is 42.7 Å². The normalized spacial score (nSPS) is 33.5. The Kier molecular flexibility index (Phi) is 4.25. The first kappa shape index (κ1) is 17.8. The number of carbonyl (C=O) groups excluding carboxylic acids is 2. The minimum Gasteiger partial charge on any atom is -0.495 e. The molecule has 5 aliphatic rings. The van der Waals surface area contributed by atoms with Gasteiger partial charge in [0.25, 0.3) is 0 Å². The summed E-state index contributed by atoms with van der Waals surface area (Å²) in [6, 6.07) is 7.40. The van der Waals surface area contributed by atoms with Gasteiger partial charge in [-0.25, -0.2) is 4.79 Å². The Morgan fingerprint density at radius 2 is 1.75 bits per heavy atom. The number of nitrogens with one attached hydrogen (secondary N) is 1. The molecule has 4 aliphatic carbocycles. The van der Waals surface area contributed by atoms with Gasteiger partial charge < -0.3 is 15.0 Å². The molecule has 1 aliphatic heterocycles. The van der Waals surface area contributed by atoms with Crippen molar-refractivity contribution in [2.45, 2.75) is 44.1 Å². The summed E-state index contributed by atoms with van der Waals surface area (Å²) in [6.45, 7) is 1.28. The number of anilines is 1. The summed E-state index contributed by atoms with van der Waals surface area (Å²) < 4.78 is 5.39. The topological polar surface area (TPSA) is 61.9 Å². The number of methoxy groups -OCH3 is 1. The van der Waals surface area contributed by atoms with Gasteiger partial charge in [0, 0.05) is 18.6 Å². The van der Waals surface area contributed by atoms with Crippen LogP contribution in [0.3, 0.4) is 0 Å². The maximum Gasteiger partial charge on any atom is 0.325 e. The van der Waals surface area contributed by atoms with Crippen molar-refractivity contribution in [1.29, 1.82) is 0 Å². The van der Waals surface area contributed by atoms with Crippen LogP contribution >= 0.6 is 0 Å². The van der Waals surface area contributed by atoms with Gasteiger partial charge in [0.15, 0.2) is 0 Å². The molecule has 5 fully saturated rings. The minimum atomic E-state index is -0.120. The fraction of sp³-hybridized carbons (Fsp3) is 0.636. The van der Waals surface area contributed by atoms with Crippen LogP contribution in [0.5, 0.6) is 5.75 Å². The standard InChI is InChI=1S/C22H29N3O3/c1-28-19-5-3-2-4-18(19)25-7-6-24(21(25)27)14-20(26)23-22-11-15-8-16(12-22)10-17(9-15)13-22/h2-5,15-17H,6-14H2,1H3,(H,23,26). The van der Waals surface area contributed by atoms with Crippen molar-refractivity contribution in [2.75, 3.05) is 31.6 Å². The summed E-state index contributed by atoms with van der Waals surface area (Å²) in [5.41, 5.74) is 0.760. The smallest absolute Gasteiger partial charge is 0.325 e. The second-order valence-corrected chi connectivity index (χ2v) is 9.27. The van der Waals surface area contributed by atoms with E-state index >= 15 is 0 Å². The van der Waals surface area contributed by atoms with Gasteiger partial charge in [-0.3, -0.25) is 9.69 Å². The molecule has 28 heavy (non-hydrogen) atoms. The van der Waals surface area contributed by atoms with E-state index in [-0.39, 0.29) is 24.0 Å². The first-order valence-corrected chi connectivity index (χ1v) is 10.6. The van der Waals surface area contributed by atoms with E-state index in [1.165, 1.54) is 19.3 Å². The Hall–Kier alpha value is -2.24. The lowest BCUT2D eigenvalue weighted by atomic mass is 9.53. The first-order valence-electron chi connectivity index (χ1n) is 10.6. The molecule has 6 rings (SSSR count). The zero-order valence-electron chi connectivity index (χ0n) is 16.5. The zero-order valence-corrected chi connectivity index (χ0v) is 16.5. The Morgan fingerprint density at radius 3 is 2.39 bits per heavy atom. The van der Waals surface area contributed by atoms with Crippen LogP contribution in [0.2, 0.25) is 0 Å². The molecular formula is C22H29N3O3. The first-order chi connectivity index (χ1) is 13.5. The third-order valence-electron chi connectivity index (χ3n) is 7.25. The van der Waals surface area contributed by atoms with Crippen LogP contribution in [-0.2, 0) is 4.79 Å². The highest BCUT2D eigenvalue weighted by molar-refractivity contribution is 5.97. The number of amides is 3. The van der Waals surface area contributed by atoms with Gasteiger partial charge in [0.05, 0.1) is 12.8 Å². The van der Waals surface area contributed by atoms with E-state index in [2.05, 4.69) is 5.32 Å². The quantitative estimate of drug-likeness (QED) is 0.850. The maximum absolute atomic E-state index is 12.9. The van der Waals surface area contributed by atoms with E-state index < -0.39 is 0 Å². The SMILES string of the molecule is COc1ccccc1N1CCN(CC(=O)NC23CC4CC(CC(C4)C2)C3)C1=O. The predicted octanol–water partition coefficient (Wildman–Crippen LogP) is 3.02. The summed E-state index contributed by atoms with van der Waals surface area (Å²) in [5.74, 6) is 3.05. The van der Waals surface area contributed by atoms with Crippen molar-refractivity contribution < 1.29 is 14.3 Å². The maximum atomic E-state index is 12.9. The average Bonchev–Trinajstić information content (AvgIpc) is 3.00. The Balaban J connectivity index is 1.23. The highest BCUT2D eigenvalue weighted by Crippen LogP contribution is 2.55. The van der Waals surface area contributed by atoms with Crippen molar-refractivity contribution in [3.8, 4) is 5.75 Å². The molecule has 0 radical (unpaired) electrons. The summed E-state index contributed by atoms with van der Waals surface area (Å²) >= 11 is 0. The van der Waals surface area contributed by atoms with E-state index in [1.54, 1.807) is 16.9 Å². The Labute approximate surface area is 166 Å². The molecule has 1 aromatic carbocycles. The van der Waals surface area contributed by atoms with E-state index in [0.29, 0.717) is 18.8 Å². The molecule has 150 valence electrons. The number of hydrogen-bond acceptors (Lipinski definition) is 3. The van der Waals surface area contributed by atoms with Crippen LogP contribution in [0.25, 0.3) is 0 Å². The number of urea groups is 1. The lowest BCUT2D eigenvalue weighted by Gasteiger charge is -2.57. The molecule has 1 heterocycles. The minimum absolute atomic E-state index is 0.00261. The van der Waals surface area contributed by atoms with Gasteiger partial charge in [-0.1, -0.05) is 12.1 Å². The second-order valence-electron chi connectivity index (χ2n) is 9.27. The van der Waals surface area contributed by atoms with E-state index in [4.69, 9.17) is 4.74 Å². The number of para-hydroxylation sites is 2. The van der Waals surface area contributed by atoms with Crippen LogP contribution in [0.1, 0.15) is 38.5 Å². The molecule has 4 saturated carbocycles.